The smallest absolute Gasteiger partial charge is 0.243 e. The molecular weight excluding hydrogens is 522 g/mol. The zero-order valence-electron chi connectivity index (χ0n) is 22.6. The number of anilines is 1. The third-order valence-corrected chi connectivity index (χ3v) is 7.70. The standard InChI is InChI=1S/C26H31N7O5S/c1-7-38-24(20-15-28-17(3)13-29-20)18(4)39(34,35)32-26-31-30-25(19-11-16(2)12-27-14-19)33(26)23-21(36-5)9-8-10-22(23)37-6/h8-15,18,24H,7H2,1-6H3,(H,31,32)/t18-,24+/m1/s1. The van der Waals surface area contributed by atoms with Crippen molar-refractivity contribution >= 4 is 16.0 Å². The number of aryl methyl sites for hydroxylation is 2. The Balaban J connectivity index is 1.84. The highest BCUT2D eigenvalue weighted by Gasteiger charge is 2.35. The minimum Gasteiger partial charge on any atom is -0.494 e. The van der Waals surface area contributed by atoms with Gasteiger partial charge in [0, 0.05) is 30.8 Å². The maximum Gasteiger partial charge on any atom is 0.243 e. The van der Waals surface area contributed by atoms with E-state index >= 15 is 0 Å². The van der Waals surface area contributed by atoms with Crippen molar-refractivity contribution in [2.45, 2.75) is 39.0 Å². The highest BCUT2D eigenvalue weighted by Crippen LogP contribution is 2.38. The zero-order valence-corrected chi connectivity index (χ0v) is 23.4. The second-order valence-electron chi connectivity index (χ2n) is 8.76. The van der Waals surface area contributed by atoms with Gasteiger partial charge in [0.05, 0.1) is 31.8 Å². The van der Waals surface area contributed by atoms with Crippen LogP contribution in [0.15, 0.2) is 49.1 Å². The molecule has 4 rings (SSSR count). The molecule has 0 spiro atoms. The third-order valence-electron chi connectivity index (χ3n) is 6.01. The molecule has 12 nitrogen and oxygen atoms in total. The summed E-state index contributed by atoms with van der Waals surface area (Å²) in [6.07, 6.45) is 5.55. The van der Waals surface area contributed by atoms with Crippen LogP contribution in [0.3, 0.4) is 0 Å². The molecule has 0 unspecified atom stereocenters. The van der Waals surface area contributed by atoms with E-state index in [0.717, 1.165) is 5.56 Å². The van der Waals surface area contributed by atoms with Crippen LogP contribution < -0.4 is 14.2 Å². The molecule has 0 aliphatic carbocycles. The number of sulfonamides is 1. The average Bonchev–Trinajstić information content (AvgIpc) is 3.33. The number of rotatable bonds is 11. The Hall–Kier alpha value is -4.10. The van der Waals surface area contributed by atoms with Crippen molar-refractivity contribution in [1.82, 2.24) is 29.7 Å². The molecule has 0 radical (unpaired) electrons. The number of nitrogens with zero attached hydrogens (tertiary/aromatic N) is 6. The van der Waals surface area contributed by atoms with Crippen LogP contribution in [0.2, 0.25) is 0 Å². The van der Waals surface area contributed by atoms with E-state index in [-0.39, 0.29) is 12.6 Å². The fourth-order valence-electron chi connectivity index (χ4n) is 4.05. The molecule has 13 heteroatoms. The lowest BCUT2D eigenvalue weighted by molar-refractivity contribution is 0.0588. The molecule has 1 N–H and O–H groups in total. The van der Waals surface area contributed by atoms with Gasteiger partial charge in [0.1, 0.15) is 28.5 Å². The molecule has 2 atom stereocenters. The number of methoxy groups -OCH3 is 2. The van der Waals surface area contributed by atoms with Crippen LogP contribution in [0.1, 0.15) is 36.9 Å². The summed E-state index contributed by atoms with van der Waals surface area (Å²) in [5.74, 6) is 1.12. The maximum absolute atomic E-state index is 13.8. The molecule has 3 aromatic heterocycles. The largest absolute Gasteiger partial charge is 0.494 e. The Bertz CT molecular complexity index is 1520. The topological polar surface area (TPSA) is 143 Å². The highest BCUT2D eigenvalue weighted by molar-refractivity contribution is 7.93. The molecule has 0 aliphatic rings. The number of ether oxygens (including phenoxy) is 3. The van der Waals surface area contributed by atoms with E-state index in [0.29, 0.717) is 40.0 Å². The summed E-state index contributed by atoms with van der Waals surface area (Å²) in [5, 5.41) is 7.48. The van der Waals surface area contributed by atoms with Crippen molar-refractivity contribution in [3.05, 3.63) is 66.0 Å². The van der Waals surface area contributed by atoms with E-state index in [4.69, 9.17) is 14.2 Å². The lowest BCUT2D eigenvalue weighted by Crippen LogP contribution is -2.33. The van der Waals surface area contributed by atoms with Gasteiger partial charge in [0.25, 0.3) is 0 Å². The monoisotopic (exact) mass is 553 g/mol. The molecule has 0 saturated heterocycles. The lowest BCUT2D eigenvalue weighted by Gasteiger charge is -2.24. The predicted molar refractivity (Wildman–Crippen MR) is 146 cm³/mol. The van der Waals surface area contributed by atoms with Crippen LogP contribution in [0.25, 0.3) is 17.1 Å². The Morgan fingerprint density at radius 2 is 1.72 bits per heavy atom. The number of aromatic nitrogens is 6. The van der Waals surface area contributed by atoms with Crippen molar-refractivity contribution in [3.63, 3.8) is 0 Å². The SMILES string of the molecule is CCO[C@H](c1cnc(C)cn1)[C@@H](C)S(=O)(=O)Nc1nnc(-c2cncc(C)c2)n1-c1c(OC)cccc1OC. The van der Waals surface area contributed by atoms with Gasteiger partial charge in [-0.15, -0.1) is 10.2 Å². The summed E-state index contributed by atoms with van der Waals surface area (Å²) in [5.41, 5.74) is 3.04. The van der Waals surface area contributed by atoms with Crippen LogP contribution in [-0.2, 0) is 14.8 Å². The highest BCUT2D eigenvalue weighted by atomic mass is 32.2. The lowest BCUT2D eigenvalue weighted by atomic mass is 10.2. The first-order valence-corrected chi connectivity index (χ1v) is 13.7. The van der Waals surface area contributed by atoms with Gasteiger partial charge in [-0.1, -0.05) is 6.07 Å². The van der Waals surface area contributed by atoms with Crippen LogP contribution in [-0.4, -0.2) is 64.2 Å². The second-order valence-corrected chi connectivity index (χ2v) is 10.8. The predicted octanol–water partition coefficient (Wildman–Crippen LogP) is 3.66. The number of hydrogen-bond acceptors (Lipinski definition) is 10. The van der Waals surface area contributed by atoms with E-state index in [2.05, 4.69) is 29.9 Å². The summed E-state index contributed by atoms with van der Waals surface area (Å²) >= 11 is 0. The van der Waals surface area contributed by atoms with Gasteiger partial charge in [-0.25, -0.2) is 8.42 Å². The van der Waals surface area contributed by atoms with E-state index in [1.807, 2.05) is 13.0 Å². The van der Waals surface area contributed by atoms with Crippen LogP contribution in [0.5, 0.6) is 11.5 Å². The van der Waals surface area contributed by atoms with Gasteiger partial charge in [0.15, 0.2) is 5.82 Å². The van der Waals surface area contributed by atoms with Gasteiger partial charge >= 0.3 is 0 Å². The van der Waals surface area contributed by atoms with Crippen molar-refractivity contribution in [2.75, 3.05) is 25.5 Å². The number of benzene rings is 1. The quantitative estimate of drug-likeness (QED) is 0.292. The summed E-state index contributed by atoms with van der Waals surface area (Å²) in [4.78, 5) is 12.9. The van der Waals surface area contributed by atoms with Gasteiger partial charge in [-0.3, -0.25) is 24.2 Å². The molecule has 3 heterocycles. The number of nitrogens with one attached hydrogen (secondary N) is 1. The summed E-state index contributed by atoms with van der Waals surface area (Å²) in [7, 11) is -1.08. The number of pyridine rings is 1. The van der Waals surface area contributed by atoms with E-state index < -0.39 is 21.4 Å². The maximum atomic E-state index is 13.8. The van der Waals surface area contributed by atoms with Crippen LogP contribution in [0, 0.1) is 13.8 Å². The number of para-hydroxylation sites is 1. The first kappa shape index (κ1) is 27.9. The molecular formula is C26H31N7O5S. The van der Waals surface area contributed by atoms with Crippen molar-refractivity contribution in [1.29, 1.82) is 0 Å². The average molecular weight is 554 g/mol. The fourth-order valence-corrected chi connectivity index (χ4v) is 5.17. The summed E-state index contributed by atoms with van der Waals surface area (Å²) < 4.78 is 48.7. The third kappa shape index (κ3) is 5.83. The molecule has 0 fully saturated rings. The van der Waals surface area contributed by atoms with Gasteiger partial charge in [-0.05, 0) is 51.5 Å². The summed E-state index contributed by atoms with van der Waals surface area (Å²) in [6, 6.07) is 7.11. The van der Waals surface area contributed by atoms with E-state index in [1.54, 1.807) is 62.1 Å². The zero-order chi connectivity index (χ0) is 28.2. The van der Waals surface area contributed by atoms with E-state index in [9.17, 15) is 8.42 Å². The molecule has 39 heavy (non-hydrogen) atoms. The first-order valence-electron chi connectivity index (χ1n) is 12.2. The Morgan fingerprint density at radius 1 is 1.00 bits per heavy atom. The molecule has 0 aliphatic heterocycles. The van der Waals surface area contributed by atoms with Crippen LogP contribution in [0.4, 0.5) is 5.95 Å². The Morgan fingerprint density at radius 3 is 2.31 bits per heavy atom. The molecule has 1 aromatic carbocycles. The fraction of sp³-hybridized carbons (Fsp3) is 0.346. The molecule has 4 aromatic rings. The van der Waals surface area contributed by atoms with Crippen molar-refractivity contribution in [3.8, 4) is 28.6 Å². The number of hydrogen-bond donors (Lipinski definition) is 1. The van der Waals surface area contributed by atoms with Crippen molar-refractivity contribution < 1.29 is 22.6 Å². The molecule has 206 valence electrons. The Kier molecular flexibility index (Phi) is 8.41. The minimum atomic E-state index is -4.10. The van der Waals surface area contributed by atoms with Crippen LogP contribution >= 0.6 is 0 Å². The van der Waals surface area contributed by atoms with Gasteiger partial charge < -0.3 is 14.2 Å². The van der Waals surface area contributed by atoms with Crippen molar-refractivity contribution in [2.24, 2.45) is 0 Å². The Labute approximate surface area is 227 Å². The van der Waals surface area contributed by atoms with Gasteiger partial charge in [0.2, 0.25) is 16.0 Å². The molecule has 0 bridgehead atoms. The van der Waals surface area contributed by atoms with E-state index in [1.165, 1.54) is 20.4 Å². The first-order chi connectivity index (χ1) is 18.7. The second kappa shape index (κ2) is 11.7. The molecule has 0 amide bonds. The normalized spacial score (nSPS) is 13.1. The van der Waals surface area contributed by atoms with Gasteiger partial charge in [-0.2, -0.15) is 0 Å². The minimum absolute atomic E-state index is 0.0635. The summed E-state index contributed by atoms with van der Waals surface area (Å²) in [6.45, 7) is 7.30. The molecule has 0 saturated carbocycles.